The highest BCUT2D eigenvalue weighted by atomic mass is 16.3. The maximum atomic E-state index is 13.6. The number of nitrogens with one attached hydrogen (secondary N) is 3. The van der Waals surface area contributed by atoms with Gasteiger partial charge in [0.25, 0.3) is 5.91 Å². The van der Waals surface area contributed by atoms with Gasteiger partial charge in [-0.15, -0.1) is 0 Å². The second-order valence-corrected chi connectivity index (χ2v) is 11.3. The summed E-state index contributed by atoms with van der Waals surface area (Å²) in [4.78, 5) is 57.5. The van der Waals surface area contributed by atoms with Crippen LogP contribution in [0.4, 0.5) is 4.79 Å². The van der Waals surface area contributed by atoms with Crippen LogP contribution in [0.3, 0.4) is 0 Å². The molecule has 0 saturated carbocycles. The molecule has 1 heterocycles. The fourth-order valence-electron chi connectivity index (χ4n) is 4.79. The molecule has 0 aliphatic heterocycles. The molecular weight excluding hydrogens is 560 g/mol. The Kier molecular flexibility index (Phi) is 13.1. The van der Waals surface area contributed by atoms with Crippen LogP contribution in [-0.4, -0.2) is 76.6 Å². The molecule has 0 bridgehead atoms. The van der Waals surface area contributed by atoms with Crippen LogP contribution < -0.4 is 21.7 Å². The van der Waals surface area contributed by atoms with Gasteiger partial charge in [-0.05, 0) is 36.5 Å². The average Bonchev–Trinajstić information content (AvgIpc) is 2.99. The number of hydrogen-bond acceptors (Lipinski definition) is 6. The molecule has 2 aromatic carbocycles. The number of para-hydroxylation sites is 1. The van der Waals surface area contributed by atoms with Gasteiger partial charge < -0.3 is 31.7 Å². The first-order chi connectivity index (χ1) is 21.1. The van der Waals surface area contributed by atoms with Crippen molar-refractivity contribution in [2.75, 3.05) is 19.6 Å². The Hall–Kier alpha value is -4.51. The summed E-state index contributed by atoms with van der Waals surface area (Å²) in [6.07, 6.45) is 0.376. The van der Waals surface area contributed by atoms with Crippen LogP contribution in [0.2, 0.25) is 0 Å². The van der Waals surface area contributed by atoms with Gasteiger partial charge in [-0.3, -0.25) is 14.4 Å². The summed E-state index contributed by atoms with van der Waals surface area (Å²) < 4.78 is 0. The third-order valence-electron chi connectivity index (χ3n) is 7.04. The first-order valence-electron chi connectivity index (χ1n) is 15.1. The van der Waals surface area contributed by atoms with Gasteiger partial charge in [0.05, 0.1) is 30.6 Å². The van der Waals surface area contributed by atoms with Crippen LogP contribution >= 0.6 is 0 Å². The number of urea groups is 1. The van der Waals surface area contributed by atoms with E-state index in [0.29, 0.717) is 18.6 Å². The van der Waals surface area contributed by atoms with Crippen molar-refractivity contribution in [2.24, 2.45) is 11.7 Å². The Bertz CT molecular complexity index is 1400. The number of unbranched alkanes of at least 4 members (excludes halogenated alkanes) is 1. The van der Waals surface area contributed by atoms with Crippen molar-refractivity contribution >= 4 is 34.7 Å². The number of aliphatic hydroxyl groups excluding tert-OH is 1. The molecule has 236 valence electrons. The van der Waals surface area contributed by atoms with Crippen LogP contribution in [0.5, 0.6) is 0 Å². The van der Waals surface area contributed by atoms with Gasteiger partial charge in [0, 0.05) is 18.5 Å². The summed E-state index contributed by atoms with van der Waals surface area (Å²) in [6.45, 7) is 6.87. The molecule has 3 aromatic rings. The normalized spacial score (nSPS) is 13.1. The maximum Gasteiger partial charge on any atom is 0.317 e. The van der Waals surface area contributed by atoms with Gasteiger partial charge >= 0.3 is 6.03 Å². The monoisotopic (exact) mass is 604 g/mol. The SMILES string of the molecule is CCCCNC(=O)N(CC(C)C)C[C@H](O)[C@H](Cc1ccccc1)NC(=O)[C@H](CC(N)=O)NC(=O)c1ccc2ccccc2n1. The van der Waals surface area contributed by atoms with Crippen molar-refractivity contribution in [1.82, 2.24) is 25.8 Å². The fraction of sp³-hybridized carbons (Fsp3) is 0.424. The largest absolute Gasteiger partial charge is 0.389 e. The van der Waals surface area contributed by atoms with Crippen molar-refractivity contribution in [1.29, 1.82) is 0 Å². The van der Waals surface area contributed by atoms with Gasteiger partial charge in [-0.25, -0.2) is 9.78 Å². The minimum atomic E-state index is -1.32. The van der Waals surface area contributed by atoms with Crippen molar-refractivity contribution in [3.8, 4) is 0 Å². The highest BCUT2D eigenvalue weighted by Gasteiger charge is 2.31. The molecular formula is C33H44N6O5. The van der Waals surface area contributed by atoms with Crippen LogP contribution in [0.15, 0.2) is 66.7 Å². The van der Waals surface area contributed by atoms with E-state index in [2.05, 4.69) is 20.9 Å². The van der Waals surface area contributed by atoms with E-state index in [1.165, 1.54) is 6.07 Å². The molecule has 44 heavy (non-hydrogen) atoms. The molecule has 0 saturated heterocycles. The zero-order valence-corrected chi connectivity index (χ0v) is 25.7. The summed E-state index contributed by atoms with van der Waals surface area (Å²) in [7, 11) is 0. The lowest BCUT2D eigenvalue weighted by Gasteiger charge is -2.32. The standard InChI is InChI=1S/C33H44N6O5/c1-4-5-17-35-33(44)39(20-22(2)3)21-29(40)27(18-23-11-7-6-8-12-23)37-32(43)28(19-30(34)41)38-31(42)26-16-15-24-13-9-10-14-25(24)36-26/h6-16,22,27-29,40H,4-5,17-21H2,1-3H3,(H2,34,41)(H,35,44)(H,37,43)(H,38,42)/t27-,28-,29-/m0/s1. The lowest BCUT2D eigenvalue weighted by atomic mass is 9.99. The van der Waals surface area contributed by atoms with E-state index in [-0.39, 0.29) is 30.6 Å². The first-order valence-corrected chi connectivity index (χ1v) is 15.1. The Morgan fingerprint density at radius 2 is 1.64 bits per heavy atom. The number of nitrogens with two attached hydrogens (primary N) is 1. The molecule has 11 heteroatoms. The number of nitrogens with zero attached hydrogens (tertiary/aromatic N) is 2. The van der Waals surface area contributed by atoms with E-state index < -0.39 is 42.3 Å². The van der Waals surface area contributed by atoms with E-state index in [0.717, 1.165) is 23.8 Å². The topological polar surface area (TPSA) is 167 Å². The summed E-state index contributed by atoms with van der Waals surface area (Å²) in [6, 6.07) is 17.4. The molecule has 0 aliphatic rings. The Labute approximate surface area is 258 Å². The van der Waals surface area contributed by atoms with Crippen molar-refractivity contribution in [2.45, 2.75) is 64.6 Å². The second-order valence-electron chi connectivity index (χ2n) is 11.3. The number of hydrogen-bond donors (Lipinski definition) is 5. The molecule has 1 aromatic heterocycles. The van der Waals surface area contributed by atoms with E-state index in [1.54, 1.807) is 23.1 Å². The third-order valence-corrected chi connectivity index (χ3v) is 7.04. The predicted molar refractivity (Wildman–Crippen MR) is 170 cm³/mol. The first kappa shape index (κ1) is 34.0. The third kappa shape index (κ3) is 10.6. The number of primary amides is 1. The van der Waals surface area contributed by atoms with Crippen molar-refractivity contribution in [3.63, 3.8) is 0 Å². The minimum absolute atomic E-state index is 0.0399. The fourth-order valence-corrected chi connectivity index (χ4v) is 4.79. The number of amides is 5. The Balaban J connectivity index is 1.81. The zero-order valence-electron chi connectivity index (χ0n) is 25.7. The molecule has 11 nitrogen and oxygen atoms in total. The lowest BCUT2D eigenvalue weighted by molar-refractivity contribution is -0.128. The summed E-state index contributed by atoms with van der Waals surface area (Å²) in [5.74, 6) is -1.99. The van der Waals surface area contributed by atoms with Gasteiger partial charge in [-0.1, -0.05) is 81.8 Å². The number of pyridine rings is 1. The van der Waals surface area contributed by atoms with E-state index in [4.69, 9.17) is 5.73 Å². The van der Waals surface area contributed by atoms with Crippen LogP contribution in [0.25, 0.3) is 10.9 Å². The Morgan fingerprint density at radius 3 is 2.32 bits per heavy atom. The highest BCUT2D eigenvalue weighted by Crippen LogP contribution is 2.13. The van der Waals surface area contributed by atoms with Crippen LogP contribution in [0, 0.1) is 5.92 Å². The van der Waals surface area contributed by atoms with Gasteiger partial charge in [0.15, 0.2) is 0 Å². The molecule has 0 unspecified atom stereocenters. The lowest BCUT2D eigenvalue weighted by Crippen LogP contribution is -2.57. The molecule has 0 radical (unpaired) electrons. The number of rotatable bonds is 16. The van der Waals surface area contributed by atoms with Gasteiger partial charge in [0.1, 0.15) is 11.7 Å². The maximum absolute atomic E-state index is 13.6. The number of aromatic nitrogens is 1. The van der Waals surface area contributed by atoms with Crippen LogP contribution in [0.1, 0.15) is 56.1 Å². The summed E-state index contributed by atoms with van der Waals surface area (Å²) >= 11 is 0. The number of benzene rings is 2. The van der Waals surface area contributed by atoms with Crippen molar-refractivity contribution < 1.29 is 24.3 Å². The Morgan fingerprint density at radius 1 is 0.932 bits per heavy atom. The molecule has 3 atom stereocenters. The number of carbonyl (C=O) groups excluding carboxylic acids is 4. The molecule has 0 spiro atoms. The number of aliphatic hydroxyl groups is 1. The second kappa shape index (κ2) is 17.0. The van der Waals surface area contributed by atoms with Crippen LogP contribution in [-0.2, 0) is 16.0 Å². The quantitative estimate of drug-likeness (QED) is 0.158. The highest BCUT2D eigenvalue weighted by molar-refractivity contribution is 5.99. The molecule has 3 rings (SSSR count). The number of carbonyl (C=O) groups is 4. The smallest absolute Gasteiger partial charge is 0.317 e. The predicted octanol–water partition coefficient (Wildman–Crippen LogP) is 2.76. The molecule has 0 fully saturated rings. The van der Waals surface area contributed by atoms with Gasteiger partial charge in [0.2, 0.25) is 11.8 Å². The van der Waals surface area contributed by atoms with E-state index in [1.807, 2.05) is 63.2 Å². The van der Waals surface area contributed by atoms with Gasteiger partial charge in [-0.2, -0.15) is 0 Å². The van der Waals surface area contributed by atoms with Crippen molar-refractivity contribution in [3.05, 3.63) is 78.0 Å². The molecule has 0 aliphatic carbocycles. The zero-order chi connectivity index (χ0) is 32.1. The molecule has 6 N–H and O–H groups in total. The number of fused-ring (bicyclic) bond motifs is 1. The van der Waals surface area contributed by atoms with E-state index in [9.17, 15) is 24.3 Å². The minimum Gasteiger partial charge on any atom is -0.389 e. The average molecular weight is 605 g/mol. The molecule has 5 amide bonds. The summed E-state index contributed by atoms with van der Waals surface area (Å²) in [5, 5.41) is 20.6. The summed E-state index contributed by atoms with van der Waals surface area (Å²) in [5.41, 5.74) is 6.96. The van der Waals surface area contributed by atoms with E-state index >= 15 is 0 Å².